The van der Waals surface area contributed by atoms with E-state index in [1.165, 1.54) is 0 Å². The maximum atomic E-state index is 6.36. The normalized spacial score (nSPS) is 16.9. The Bertz CT molecular complexity index is 961. The highest BCUT2D eigenvalue weighted by molar-refractivity contribution is 5.76. The van der Waals surface area contributed by atoms with Crippen LogP contribution < -0.4 is 21.1 Å². The van der Waals surface area contributed by atoms with Gasteiger partial charge < -0.3 is 26.0 Å². The number of pyridine rings is 1. The quantitative estimate of drug-likeness (QED) is 0.644. The molecule has 0 amide bonds. The Kier molecular flexibility index (Phi) is 6.16. The second-order valence-corrected chi connectivity index (χ2v) is 7.75. The Balaban J connectivity index is 1.69. The molecule has 30 heavy (non-hydrogen) atoms. The molecule has 0 unspecified atom stereocenters. The summed E-state index contributed by atoms with van der Waals surface area (Å²) in [5.74, 6) is 2.12. The molecule has 1 fully saturated rings. The van der Waals surface area contributed by atoms with Crippen LogP contribution in [0.4, 0.5) is 17.2 Å². The number of nitrogens with two attached hydrogens (primary N) is 2. The Hall–Kier alpha value is -3.09. The fourth-order valence-electron chi connectivity index (χ4n) is 4.13. The van der Waals surface area contributed by atoms with E-state index in [9.17, 15) is 0 Å². The van der Waals surface area contributed by atoms with Crippen molar-refractivity contribution in [3.63, 3.8) is 0 Å². The van der Waals surface area contributed by atoms with E-state index >= 15 is 0 Å². The fourth-order valence-corrected chi connectivity index (χ4v) is 4.13. The summed E-state index contributed by atoms with van der Waals surface area (Å²) in [7, 11) is 2.16. The van der Waals surface area contributed by atoms with Crippen LogP contribution in [0.1, 0.15) is 18.4 Å². The summed E-state index contributed by atoms with van der Waals surface area (Å²) in [5, 5.41) is 0. The van der Waals surface area contributed by atoms with Crippen LogP contribution in [0.2, 0.25) is 0 Å². The van der Waals surface area contributed by atoms with E-state index in [-0.39, 0.29) is 0 Å². The molecule has 0 radical (unpaired) electrons. The highest BCUT2D eigenvalue weighted by Gasteiger charge is 2.28. The molecule has 6 heteroatoms. The molecule has 3 aromatic rings. The van der Waals surface area contributed by atoms with E-state index in [1.54, 1.807) is 6.20 Å². The van der Waals surface area contributed by atoms with Gasteiger partial charge in [0.05, 0.1) is 5.69 Å². The van der Waals surface area contributed by atoms with Gasteiger partial charge in [0.15, 0.2) is 0 Å². The smallest absolute Gasteiger partial charge is 0.147 e. The number of aromatic nitrogens is 1. The number of likely N-dealkylation sites (N-methyl/N-ethyl adjacent to an activating group) is 1. The maximum Gasteiger partial charge on any atom is 0.147 e. The van der Waals surface area contributed by atoms with Gasteiger partial charge in [-0.25, -0.2) is 4.98 Å². The average Bonchev–Trinajstić information content (AvgIpc) is 2.77. The number of rotatable bonds is 6. The van der Waals surface area contributed by atoms with Crippen molar-refractivity contribution in [2.24, 2.45) is 5.73 Å². The largest absolute Gasteiger partial charge is 0.457 e. The van der Waals surface area contributed by atoms with Gasteiger partial charge in [-0.05, 0) is 74.5 Å². The highest BCUT2D eigenvalue weighted by atomic mass is 16.5. The number of benzene rings is 2. The van der Waals surface area contributed by atoms with Gasteiger partial charge in [-0.1, -0.05) is 18.2 Å². The second kappa shape index (κ2) is 9.15. The fraction of sp³-hybridized carbons (Fsp3) is 0.292. The Morgan fingerprint density at radius 3 is 2.50 bits per heavy atom. The van der Waals surface area contributed by atoms with Gasteiger partial charge >= 0.3 is 0 Å². The molecular formula is C24H29N5O. The minimum atomic E-state index is 0.293. The van der Waals surface area contributed by atoms with E-state index < -0.39 is 0 Å². The SMILES string of the molecule is CN1CCC[C@@H](N(c2ccc(Oc3ccccc3)cc2)c2c(CN)ccnc2N)C1. The maximum absolute atomic E-state index is 6.36. The van der Waals surface area contributed by atoms with E-state index in [0.29, 0.717) is 18.4 Å². The summed E-state index contributed by atoms with van der Waals surface area (Å²) in [6.07, 6.45) is 3.96. The van der Waals surface area contributed by atoms with Crippen molar-refractivity contribution in [3.05, 3.63) is 72.4 Å². The number of hydrogen-bond donors (Lipinski definition) is 2. The van der Waals surface area contributed by atoms with Crippen molar-refractivity contribution >= 4 is 17.2 Å². The van der Waals surface area contributed by atoms with E-state index in [2.05, 4.69) is 34.0 Å². The van der Waals surface area contributed by atoms with Gasteiger partial charge in [0, 0.05) is 31.0 Å². The van der Waals surface area contributed by atoms with Crippen LogP contribution in [0.15, 0.2) is 66.9 Å². The van der Waals surface area contributed by atoms with Gasteiger partial charge in [-0.3, -0.25) is 0 Å². The molecule has 0 spiro atoms. The molecule has 2 heterocycles. The van der Waals surface area contributed by atoms with E-state index in [1.807, 2.05) is 48.5 Å². The predicted octanol–water partition coefficient (Wildman–Crippen LogP) is 4.15. The van der Waals surface area contributed by atoms with Crippen LogP contribution in [-0.4, -0.2) is 36.1 Å². The monoisotopic (exact) mass is 403 g/mol. The molecule has 1 saturated heterocycles. The number of likely N-dealkylation sites (tertiary alicyclic amines) is 1. The van der Waals surface area contributed by atoms with Crippen molar-refractivity contribution in [2.45, 2.75) is 25.4 Å². The van der Waals surface area contributed by atoms with Crippen molar-refractivity contribution < 1.29 is 4.74 Å². The molecule has 0 saturated carbocycles. The molecule has 1 aliphatic heterocycles. The third kappa shape index (κ3) is 4.40. The van der Waals surface area contributed by atoms with Crippen molar-refractivity contribution in [3.8, 4) is 11.5 Å². The van der Waals surface area contributed by atoms with Gasteiger partial charge in [-0.2, -0.15) is 0 Å². The Labute approximate surface area is 178 Å². The summed E-state index contributed by atoms with van der Waals surface area (Å²) < 4.78 is 5.97. The standard InChI is InChI=1S/C24H29N5O/c1-28-15-5-6-20(17-28)29(23-18(16-25)13-14-27-24(23)26)19-9-11-22(12-10-19)30-21-7-3-2-4-8-21/h2-4,7-14,20H,5-6,15-17,25H2,1H3,(H2,26,27)/t20-/m1/s1. The van der Waals surface area contributed by atoms with Crippen molar-refractivity contribution in [1.82, 2.24) is 9.88 Å². The third-order valence-electron chi connectivity index (χ3n) is 5.56. The zero-order valence-electron chi connectivity index (χ0n) is 17.4. The molecule has 4 N–H and O–H groups in total. The zero-order chi connectivity index (χ0) is 20.9. The molecule has 0 aliphatic carbocycles. The zero-order valence-corrected chi connectivity index (χ0v) is 17.4. The summed E-state index contributed by atoms with van der Waals surface area (Å²) in [4.78, 5) is 9.04. The first-order chi connectivity index (χ1) is 14.7. The summed E-state index contributed by atoms with van der Waals surface area (Å²) in [5.41, 5.74) is 15.4. The molecular weight excluding hydrogens is 374 g/mol. The van der Waals surface area contributed by atoms with Gasteiger partial charge in [0.1, 0.15) is 17.3 Å². The molecule has 156 valence electrons. The molecule has 1 aromatic heterocycles. The minimum absolute atomic E-state index is 0.293. The van der Waals surface area contributed by atoms with Crippen LogP contribution in [0.25, 0.3) is 0 Å². The number of para-hydroxylation sites is 1. The number of hydrogen-bond acceptors (Lipinski definition) is 6. The third-order valence-corrected chi connectivity index (χ3v) is 5.56. The Morgan fingerprint density at radius 1 is 1.07 bits per heavy atom. The average molecular weight is 404 g/mol. The summed E-state index contributed by atoms with van der Waals surface area (Å²) in [6, 6.07) is 20.2. The van der Waals surface area contributed by atoms with Crippen LogP contribution in [0.3, 0.4) is 0 Å². The Morgan fingerprint density at radius 2 is 1.80 bits per heavy atom. The summed E-state index contributed by atoms with van der Waals surface area (Å²) in [6.45, 7) is 2.48. The second-order valence-electron chi connectivity index (χ2n) is 7.75. The molecule has 4 rings (SSSR count). The predicted molar refractivity (Wildman–Crippen MR) is 122 cm³/mol. The lowest BCUT2D eigenvalue weighted by Gasteiger charge is -2.40. The van der Waals surface area contributed by atoms with Crippen molar-refractivity contribution in [1.29, 1.82) is 0 Å². The lowest BCUT2D eigenvalue weighted by molar-refractivity contribution is 0.251. The first-order valence-electron chi connectivity index (χ1n) is 10.4. The molecule has 0 bridgehead atoms. The molecule has 1 atom stereocenters. The first-order valence-corrected chi connectivity index (χ1v) is 10.4. The van der Waals surface area contributed by atoms with Crippen LogP contribution in [0, 0.1) is 0 Å². The topological polar surface area (TPSA) is 80.6 Å². The summed E-state index contributed by atoms with van der Waals surface area (Å²) >= 11 is 0. The molecule has 6 nitrogen and oxygen atoms in total. The lowest BCUT2D eigenvalue weighted by Crippen LogP contribution is -2.45. The molecule has 2 aromatic carbocycles. The van der Waals surface area contributed by atoms with Crippen LogP contribution >= 0.6 is 0 Å². The van der Waals surface area contributed by atoms with Crippen LogP contribution in [-0.2, 0) is 6.54 Å². The lowest BCUT2D eigenvalue weighted by atomic mass is 10.0. The van der Waals surface area contributed by atoms with E-state index in [0.717, 1.165) is 54.4 Å². The number of nitrogens with zero attached hydrogens (tertiary/aromatic N) is 3. The van der Waals surface area contributed by atoms with Gasteiger partial charge in [0.2, 0.25) is 0 Å². The van der Waals surface area contributed by atoms with Crippen LogP contribution in [0.5, 0.6) is 11.5 Å². The number of anilines is 3. The highest BCUT2D eigenvalue weighted by Crippen LogP contribution is 2.37. The van der Waals surface area contributed by atoms with E-state index in [4.69, 9.17) is 16.2 Å². The van der Waals surface area contributed by atoms with Gasteiger partial charge in [-0.15, -0.1) is 0 Å². The number of nitrogen functional groups attached to an aromatic ring is 1. The first kappa shape index (κ1) is 20.2. The molecule has 1 aliphatic rings. The van der Waals surface area contributed by atoms with Gasteiger partial charge in [0.25, 0.3) is 0 Å². The number of piperidine rings is 1. The minimum Gasteiger partial charge on any atom is -0.457 e. The number of ether oxygens (including phenoxy) is 1. The van der Waals surface area contributed by atoms with Crippen molar-refractivity contribution in [2.75, 3.05) is 30.8 Å².